The van der Waals surface area contributed by atoms with Gasteiger partial charge in [0.15, 0.2) is 5.82 Å². The summed E-state index contributed by atoms with van der Waals surface area (Å²) in [6, 6.07) is 8.24. The molecule has 1 aromatic heterocycles. The van der Waals surface area contributed by atoms with Crippen LogP contribution in [0.1, 0.15) is 50.8 Å². The quantitative estimate of drug-likeness (QED) is 0.762. The lowest BCUT2D eigenvalue weighted by Crippen LogP contribution is -2.42. The maximum atomic E-state index is 12.9. The van der Waals surface area contributed by atoms with Crippen LogP contribution in [0.2, 0.25) is 0 Å². The summed E-state index contributed by atoms with van der Waals surface area (Å²) in [6.07, 6.45) is 9.28. The number of aryl methyl sites for hydroxylation is 1. The lowest BCUT2D eigenvalue weighted by Gasteiger charge is -2.26. The highest BCUT2D eigenvalue weighted by Crippen LogP contribution is 2.31. The SMILES string of the molecule is O=C(Nc1cccc(-c2nnc3n2CCCCC3)c1)C1NNC2CCCCC21. The van der Waals surface area contributed by atoms with E-state index in [4.69, 9.17) is 0 Å². The molecule has 3 heterocycles. The molecule has 1 aromatic carbocycles. The van der Waals surface area contributed by atoms with E-state index in [0.29, 0.717) is 12.0 Å². The van der Waals surface area contributed by atoms with Gasteiger partial charge in [-0.15, -0.1) is 10.2 Å². The summed E-state index contributed by atoms with van der Waals surface area (Å²) < 4.78 is 2.24. The first-order valence-electron chi connectivity index (χ1n) is 10.6. The first-order chi connectivity index (χ1) is 13.8. The van der Waals surface area contributed by atoms with Gasteiger partial charge in [-0.2, -0.15) is 0 Å². The van der Waals surface area contributed by atoms with E-state index < -0.39 is 0 Å². The van der Waals surface area contributed by atoms with Crippen molar-refractivity contribution in [1.82, 2.24) is 25.6 Å². The van der Waals surface area contributed by atoms with Crippen LogP contribution in [0.15, 0.2) is 24.3 Å². The number of hydrogen-bond donors (Lipinski definition) is 3. The van der Waals surface area contributed by atoms with Gasteiger partial charge in [-0.3, -0.25) is 10.2 Å². The molecule has 1 amide bonds. The second-order valence-electron chi connectivity index (χ2n) is 8.29. The number of benzene rings is 1. The van der Waals surface area contributed by atoms with Crippen LogP contribution < -0.4 is 16.2 Å². The standard InChI is InChI=1S/C21H28N6O/c28-21(19-16-9-3-4-10-17(16)23-25-19)22-15-8-6-7-14(13-15)20-26-24-18-11-2-1-5-12-27(18)20/h6-8,13,16-17,19,23,25H,1-5,9-12H2,(H,22,28). The van der Waals surface area contributed by atoms with Crippen molar-refractivity contribution < 1.29 is 4.79 Å². The average Bonchev–Trinajstić information content (AvgIpc) is 3.26. The second kappa shape index (κ2) is 7.64. The van der Waals surface area contributed by atoms with Crippen molar-refractivity contribution in [1.29, 1.82) is 0 Å². The zero-order chi connectivity index (χ0) is 18.9. The fraction of sp³-hybridized carbons (Fsp3) is 0.571. The molecule has 3 aliphatic rings. The van der Waals surface area contributed by atoms with E-state index in [1.54, 1.807) is 0 Å². The predicted octanol–water partition coefficient (Wildman–Crippen LogP) is 2.65. The summed E-state index contributed by atoms with van der Waals surface area (Å²) in [7, 11) is 0. The Hall–Kier alpha value is -2.25. The minimum absolute atomic E-state index is 0.0409. The summed E-state index contributed by atoms with van der Waals surface area (Å²) in [5.74, 6) is 2.40. The zero-order valence-electron chi connectivity index (χ0n) is 16.2. The first kappa shape index (κ1) is 17.8. The van der Waals surface area contributed by atoms with Crippen LogP contribution >= 0.6 is 0 Å². The third-order valence-corrected chi connectivity index (χ3v) is 6.45. The summed E-state index contributed by atoms with van der Waals surface area (Å²) in [5, 5.41) is 12.0. The molecule has 0 bridgehead atoms. The van der Waals surface area contributed by atoms with Crippen molar-refractivity contribution in [2.45, 2.75) is 70.0 Å². The van der Waals surface area contributed by atoms with Gasteiger partial charge in [-0.1, -0.05) is 31.4 Å². The van der Waals surface area contributed by atoms with Gasteiger partial charge in [0.2, 0.25) is 5.91 Å². The summed E-state index contributed by atoms with van der Waals surface area (Å²) >= 11 is 0. The molecule has 3 atom stereocenters. The van der Waals surface area contributed by atoms with Crippen LogP contribution in [-0.2, 0) is 17.8 Å². The number of hydrazine groups is 1. The van der Waals surface area contributed by atoms with Crippen molar-refractivity contribution in [3.63, 3.8) is 0 Å². The zero-order valence-corrected chi connectivity index (χ0v) is 16.2. The Kier molecular flexibility index (Phi) is 4.86. The molecule has 0 radical (unpaired) electrons. The fourth-order valence-electron chi connectivity index (χ4n) is 4.96. The average molecular weight is 380 g/mol. The molecule has 7 heteroatoms. The Bertz CT molecular complexity index is 862. The first-order valence-corrected chi connectivity index (χ1v) is 10.6. The topological polar surface area (TPSA) is 83.9 Å². The molecular weight excluding hydrogens is 352 g/mol. The third-order valence-electron chi connectivity index (χ3n) is 6.45. The number of nitrogens with one attached hydrogen (secondary N) is 3. The number of carbonyl (C=O) groups excluding carboxylic acids is 1. The molecule has 0 spiro atoms. The van der Waals surface area contributed by atoms with Crippen molar-refractivity contribution in [2.75, 3.05) is 5.32 Å². The number of carbonyl (C=O) groups is 1. The van der Waals surface area contributed by atoms with E-state index in [1.165, 1.54) is 25.7 Å². The summed E-state index contributed by atoms with van der Waals surface area (Å²) in [6.45, 7) is 0.967. The van der Waals surface area contributed by atoms with Crippen LogP contribution in [0.3, 0.4) is 0 Å². The monoisotopic (exact) mass is 380 g/mol. The van der Waals surface area contributed by atoms with Crippen molar-refractivity contribution in [2.24, 2.45) is 5.92 Å². The highest BCUT2D eigenvalue weighted by molar-refractivity contribution is 5.95. The minimum atomic E-state index is -0.168. The normalized spacial score (nSPS) is 26.9. The molecule has 3 unspecified atom stereocenters. The van der Waals surface area contributed by atoms with Crippen molar-refractivity contribution in [3.05, 3.63) is 30.1 Å². The third kappa shape index (κ3) is 3.33. The molecule has 1 saturated heterocycles. The van der Waals surface area contributed by atoms with Gasteiger partial charge < -0.3 is 9.88 Å². The van der Waals surface area contributed by atoms with Gasteiger partial charge in [0, 0.05) is 36.2 Å². The number of amides is 1. The molecule has 2 aliphatic heterocycles. The maximum Gasteiger partial charge on any atom is 0.243 e. The molecular formula is C21H28N6O. The van der Waals surface area contributed by atoms with Crippen LogP contribution in [0.25, 0.3) is 11.4 Å². The van der Waals surface area contributed by atoms with Crippen molar-refractivity contribution >= 4 is 11.6 Å². The molecule has 28 heavy (non-hydrogen) atoms. The van der Waals surface area contributed by atoms with Crippen LogP contribution in [0.5, 0.6) is 0 Å². The van der Waals surface area contributed by atoms with Crippen LogP contribution in [-0.4, -0.2) is 32.8 Å². The Balaban J connectivity index is 1.34. The molecule has 1 saturated carbocycles. The molecule has 3 N–H and O–H groups in total. The molecule has 7 nitrogen and oxygen atoms in total. The van der Waals surface area contributed by atoms with Crippen molar-refractivity contribution in [3.8, 4) is 11.4 Å². The molecule has 148 valence electrons. The maximum absolute atomic E-state index is 12.9. The highest BCUT2D eigenvalue weighted by Gasteiger charge is 2.40. The van der Waals surface area contributed by atoms with Gasteiger partial charge in [0.25, 0.3) is 0 Å². The lowest BCUT2D eigenvalue weighted by molar-refractivity contribution is -0.118. The van der Waals surface area contributed by atoms with E-state index >= 15 is 0 Å². The Morgan fingerprint density at radius 3 is 2.96 bits per heavy atom. The Morgan fingerprint density at radius 2 is 2.00 bits per heavy atom. The number of anilines is 1. The molecule has 1 aliphatic carbocycles. The minimum Gasteiger partial charge on any atom is -0.325 e. The fourth-order valence-corrected chi connectivity index (χ4v) is 4.96. The Morgan fingerprint density at radius 1 is 1.07 bits per heavy atom. The summed E-state index contributed by atoms with van der Waals surface area (Å²) in [5.41, 5.74) is 8.36. The van der Waals surface area contributed by atoms with Gasteiger partial charge in [-0.05, 0) is 37.8 Å². The van der Waals surface area contributed by atoms with Gasteiger partial charge in [-0.25, -0.2) is 5.43 Å². The predicted molar refractivity (Wildman–Crippen MR) is 107 cm³/mol. The molecule has 2 fully saturated rings. The number of nitrogens with zero attached hydrogens (tertiary/aromatic N) is 3. The molecule has 5 rings (SSSR count). The van der Waals surface area contributed by atoms with E-state index in [2.05, 4.69) is 30.9 Å². The van der Waals surface area contributed by atoms with E-state index in [1.807, 2.05) is 24.3 Å². The van der Waals surface area contributed by atoms with Crippen LogP contribution in [0.4, 0.5) is 5.69 Å². The van der Waals surface area contributed by atoms with E-state index in [-0.39, 0.29) is 11.9 Å². The highest BCUT2D eigenvalue weighted by atomic mass is 16.2. The van der Waals surface area contributed by atoms with E-state index in [9.17, 15) is 4.79 Å². The Labute approximate surface area is 165 Å². The van der Waals surface area contributed by atoms with E-state index in [0.717, 1.165) is 55.1 Å². The smallest absolute Gasteiger partial charge is 0.243 e. The summed E-state index contributed by atoms with van der Waals surface area (Å²) in [4.78, 5) is 12.9. The van der Waals surface area contributed by atoms with Gasteiger partial charge in [0.05, 0.1) is 0 Å². The van der Waals surface area contributed by atoms with Gasteiger partial charge in [0.1, 0.15) is 11.9 Å². The second-order valence-corrected chi connectivity index (χ2v) is 8.29. The number of hydrogen-bond acceptors (Lipinski definition) is 5. The van der Waals surface area contributed by atoms with Crippen LogP contribution in [0, 0.1) is 5.92 Å². The lowest BCUT2D eigenvalue weighted by atomic mass is 9.81. The molecule has 2 aromatic rings. The number of rotatable bonds is 3. The largest absolute Gasteiger partial charge is 0.325 e. The number of fused-ring (bicyclic) bond motifs is 2. The van der Waals surface area contributed by atoms with Gasteiger partial charge >= 0.3 is 0 Å². The number of aromatic nitrogens is 3.